The van der Waals surface area contributed by atoms with E-state index in [1.165, 1.54) is 5.56 Å². The summed E-state index contributed by atoms with van der Waals surface area (Å²) in [4.78, 5) is 17.1. The number of aromatic amines is 1. The Labute approximate surface area is 187 Å². The molecule has 0 aliphatic carbocycles. The fourth-order valence-corrected chi connectivity index (χ4v) is 3.50. The van der Waals surface area contributed by atoms with Crippen molar-refractivity contribution in [1.29, 1.82) is 0 Å². The number of H-pyrrole nitrogens is 1. The molecule has 0 fully saturated rings. The first-order valence-electron chi connectivity index (χ1n) is 10.5. The number of nitrogens with zero attached hydrogens (tertiary/aromatic N) is 2. The monoisotopic (exact) mass is 428 g/mol. The third-order valence-electron chi connectivity index (χ3n) is 5.54. The Kier molecular flexibility index (Phi) is 5.34. The van der Waals surface area contributed by atoms with Gasteiger partial charge < -0.3 is 16.4 Å². The van der Waals surface area contributed by atoms with Crippen LogP contribution in [0, 0.1) is 13.8 Å². The average Bonchev–Trinajstić information content (AvgIpc) is 3.11. The van der Waals surface area contributed by atoms with Gasteiger partial charge in [0.25, 0.3) is 0 Å². The molecule has 2 heterocycles. The molecule has 2 aromatic heterocycles. The molecule has 4 aromatic rings. The number of urea groups is 1. The van der Waals surface area contributed by atoms with E-state index >= 15 is 0 Å². The van der Waals surface area contributed by atoms with Gasteiger partial charge in [-0.05, 0) is 66.4 Å². The minimum Gasteiger partial charge on any atom is -0.383 e. The number of nitrogen functional groups attached to an aromatic ring is 1. The molecule has 2 aromatic carbocycles. The van der Waals surface area contributed by atoms with Crippen LogP contribution in [0.25, 0.3) is 22.2 Å². The number of hydrogen-bond donors (Lipinski definition) is 4. The number of amides is 2. The lowest BCUT2D eigenvalue weighted by Gasteiger charge is -2.19. The molecule has 32 heavy (non-hydrogen) atoms. The minimum atomic E-state index is -0.290. The lowest BCUT2D eigenvalue weighted by molar-refractivity contribution is 0.262. The summed E-state index contributed by atoms with van der Waals surface area (Å²) in [5, 5.41) is 13.6. The zero-order chi connectivity index (χ0) is 23.0. The van der Waals surface area contributed by atoms with E-state index in [0.29, 0.717) is 17.2 Å². The molecule has 0 aliphatic rings. The molecule has 0 spiro atoms. The number of aryl methyl sites for hydroxylation is 2. The largest absolute Gasteiger partial charge is 0.383 e. The second-order valence-electron chi connectivity index (χ2n) is 9.10. The van der Waals surface area contributed by atoms with Crippen LogP contribution in [0.15, 0.2) is 48.5 Å². The first-order chi connectivity index (χ1) is 15.1. The lowest BCUT2D eigenvalue weighted by atomic mass is 9.89. The second kappa shape index (κ2) is 8.00. The van der Waals surface area contributed by atoms with Crippen LogP contribution < -0.4 is 16.4 Å². The van der Waals surface area contributed by atoms with Crippen LogP contribution in [-0.2, 0) is 5.41 Å². The maximum absolute atomic E-state index is 12.4. The SMILES string of the molecule is Cc1ccc(NC(=O)Nc2ccc(-c3cc(C(C)(C)C)nc4n[nH]c(N)c34)cc2)cc1C. The zero-order valence-electron chi connectivity index (χ0n) is 19.0. The summed E-state index contributed by atoms with van der Waals surface area (Å²) in [5.41, 5.74) is 13.2. The molecule has 0 radical (unpaired) electrons. The summed E-state index contributed by atoms with van der Waals surface area (Å²) >= 11 is 0. The summed E-state index contributed by atoms with van der Waals surface area (Å²) < 4.78 is 0. The number of aromatic nitrogens is 3. The van der Waals surface area contributed by atoms with Crippen molar-refractivity contribution in [3.05, 3.63) is 65.4 Å². The molecule has 0 unspecified atom stereocenters. The summed E-state index contributed by atoms with van der Waals surface area (Å²) in [7, 11) is 0. The molecule has 4 rings (SSSR count). The van der Waals surface area contributed by atoms with Crippen LogP contribution in [0.5, 0.6) is 0 Å². The highest BCUT2D eigenvalue weighted by atomic mass is 16.2. The zero-order valence-corrected chi connectivity index (χ0v) is 19.0. The molecule has 0 bridgehead atoms. The van der Waals surface area contributed by atoms with Crippen molar-refractivity contribution in [1.82, 2.24) is 15.2 Å². The van der Waals surface area contributed by atoms with E-state index < -0.39 is 0 Å². The van der Waals surface area contributed by atoms with Gasteiger partial charge in [0.15, 0.2) is 5.65 Å². The maximum Gasteiger partial charge on any atom is 0.323 e. The van der Waals surface area contributed by atoms with Crippen LogP contribution in [0.2, 0.25) is 0 Å². The number of nitrogens with one attached hydrogen (secondary N) is 3. The van der Waals surface area contributed by atoms with Gasteiger partial charge in [0.05, 0.1) is 5.39 Å². The average molecular weight is 429 g/mol. The van der Waals surface area contributed by atoms with Crippen molar-refractivity contribution in [2.24, 2.45) is 0 Å². The number of hydrogen-bond acceptors (Lipinski definition) is 4. The predicted octanol–water partition coefficient (Wildman–Crippen LogP) is 5.77. The Hall–Kier alpha value is -3.87. The molecule has 164 valence electrons. The third-order valence-corrected chi connectivity index (χ3v) is 5.54. The maximum atomic E-state index is 12.4. The van der Waals surface area contributed by atoms with E-state index in [1.54, 1.807) is 0 Å². The summed E-state index contributed by atoms with van der Waals surface area (Å²) in [5.74, 6) is 0.484. The fourth-order valence-electron chi connectivity index (χ4n) is 3.50. The summed E-state index contributed by atoms with van der Waals surface area (Å²) in [6.45, 7) is 10.4. The number of nitrogens with two attached hydrogens (primary N) is 1. The van der Waals surface area contributed by atoms with Crippen molar-refractivity contribution >= 4 is 34.3 Å². The highest BCUT2D eigenvalue weighted by Crippen LogP contribution is 2.34. The van der Waals surface area contributed by atoms with Gasteiger partial charge in [-0.15, -0.1) is 0 Å². The topological polar surface area (TPSA) is 109 Å². The van der Waals surface area contributed by atoms with E-state index in [9.17, 15) is 4.79 Å². The normalized spacial score (nSPS) is 11.5. The number of pyridine rings is 1. The van der Waals surface area contributed by atoms with E-state index in [-0.39, 0.29) is 11.4 Å². The molecule has 7 nitrogen and oxygen atoms in total. The van der Waals surface area contributed by atoms with E-state index in [4.69, 9.17) is 5.73 Å². The number of carbonyl (C=O) groups excluding carboxylic acids is 1. The molecule has 5 N–H and O–H groups in total. The molecule has 0 saturated heterocycles. The highest BCUT2D eigenvalue weighted by Gasteiger charge is 2.21. The van der Waals surface area contributed by atoms with Crippen molar-refractivity contribution in [2.75, 3.05) is 16.4 Å². The molecule has 0 saturated carbocycles. The predicted molar refractivity (Wildman–Crippen MR) is 131 cm³/mol. The molecule has 0 atom stereocenters. The Balaban J connectivity index is 1.58. The van der Waals surface area contributed by atoms with Crippen LogP contribution in [0.4, 0.5) is 22.0 Å². The second-order valence-corrected chi connectivity index (χ2v) is 9.10. The standard InChI is InChI=1S/C25H28N6O/c1-14-6-9-18(12-15(14)2)28-24(32)27-17-10-7-16(8-11-17)19-13-20(25(3,4)5)29-23-21(19)22(26)30-31-23/h6-13H,1-5H3,(H2,27,28,32)(H3,26,29,30,31). The first-order valence-corrected chi connectivity index (χ1v) is 10.5. The van der Waals surface area contributed by atoms with Gasteiger partial charge in [-0.2, -0.15) is 5.10 Å². The highest BCUT2D eigenvalue weighted by molar-refractivity contribution is 6.01. The van der Waals surface area contributed by atoms with Gasteiger partial charge in [-0.25, -0.2) is 9.78 Å². The lowest BCUT2D eigenvalue weighted by Crippen LogP contribution is -2.19. The Morgan fingerprint density at radius 3 is 2.25 bits per heavy atom. The molecule has 0 aliphatic heterocycles. The van der Waals surface area contributed by atoms with Crippen molar-refractivity contribution in [3.63, 3.8) is 0 Å². The van der Waals surface area contributed by atoms with Gasteiger partial charge in [-0.3, -0.25) is 5.10 Å². The quantitative estimate of drug-likeness (QED) is 0.332. The van der Waals surface area contributed by atoms with Gasteiger partial charge in [0.1, 0.15) is 5.82 Å². The number of rotatable bonds is 3. The first kappa shape index (κ1) is 21.4. The van der Waals surface area contributed by atoms with Crippen molar-refractivity contribution in [3.8, 4) is 11.1 Å². The van der Waals surface area contributed by atoms with E-state index in [1.807, 2.05) is 56.3 Å². The number of carbonyl (C=O) groups is 1. The molecule has 7 heteroatoms. The number of anilines is 3. The van der Waals surface area contributed by atoms with Crippen LogP contribution in [0.3, 0.4) is 0 Å². The molecular weight excluding hydrogens is 400 g/mol. The Bertz CT molecular complexity index is 1300. The van der Waals surface area contributed by atoms with Gasteiger partial charge in [-0.1, -0.05) is 39.0 Å². The van der Waals surface area contributed by atoms with Crippen molar-refractivity contribution in [2.45, 2.75) is 40.0 Å². The van der Waals surface area contributed by atoms with E-state index in [2.05, 4.69) is 52.7 Å². The number of fused-ring (bicyclic) bond motifs is 1. The van der Waals surface area contributed by atoms with Gasteiger partial charge in [0.2, 0.25) is 0 Å². The van der Waals surface area contributed by atoms with Crippen LogP contribution in [0.1, 0.15) is 37.6 Å². The smallest absolute Gasteiger partial charge is 0.323 e. The third kappa shape index (κ3) is 4.27. The van der Waals surface area contributed by atoms with Crippen molar-refractivity contribution < 1.29 is 4.79 Å². The van der Waals surface area contributed by atoms with Gasteiger partial charge >= 0.3 is 6.03 Å². The minimum absolute atomic E-state index is 0.134. The summed E-state index contributed by atoms with van der Waals surface area (Å²) in [6.07, 6.45) is 0. The number of benzene rings is 2. The molecular formula is C25H28N6O. The van der Waals surface area contributed by atoms with Gasteiger partial charge in [0, 0.05) is 22.5 Å². The van der Waals surface area contributed by atoms with Crippen LogP contribution >= 0.6 is 0 Å². The van der Waals surface area contributed by atoms with E-state index in [0.717, 1.165) is 33.5 Å². The molecule has 2 amide bonds. The Morgan fingerprint density at radius 1 is 0.938 bits per heavy atom. The van der Waals surface area contributed by atoms with Crippen LogP contribution in [-0.4, -0.2) is 21.2 Å². The Morgan fingerprint density at radius 2 is 1.59 bits per heavy atom. The summed E-state index contributed by atoms with van der Waals surface area (Å²) in [6, 6.07) is 15.3. The fraction of sp³-hybridized carbons (Fsp3) is 0.240.